The van der Waals surface area contributed by atoms with Gasteiger partial charge < -0.3 is 0 Å². The van der Waals surface area contributed by atoms with Crippen molar-refractivity contribution in [2.45, 2.75) is 12.1 Å². The first kappa shape index (κ1) is 12.0. The number of benzene rings is 1. The fraction of sp³-hybridized carbons (Fsp3) is 0.286. The minimum absolute atomic E-state index is 0.0954. The lowest BCUT2D eigenvalue weighted by Gasteiger charge is -2.26. The van der Waals surface area contributed by atoms with Crippen molar-refractivity contribution in [1.29, 1.82) is 10.5 Å². The standard InChI is InChI=1S/C14H11ClN4/c15-11-4-2-10(3-5-11)14-12(8-16)13(9-17)18-6-1-7-19(14)18/h1-6,12-14H,7H2. The predicted molar refractivity (Wildman–Crippen MR) is 70.4 cm³/mol. The van der Waals surface area contributed by atoms with Gasteiger partial charge in [0, 0.05) is 17.8 Å². The Morgan fingerprint density at radius 3 is 2.53 bits per heavy atom. The summed E-state index contributed by atoms with van der Waals surface area (Å²) < 4.78 is 0. The zero-order valence-electron chi connectivity index (χ0n) is 10.1. The highest BCUT2D eigenvalue weighted by atomic mass is 35.5. The van der Waals surface area contributed by atoms with Crippen molar-refractivity contribution < 1.29 is 0 Å². The molecule has 0 amide bonds. The van der Waals surface area contributed by atoms with E-state index in [1.807, 2.05) is 41.6 Å². The SMILES string of the molecule is N#CC1C(C#N)N2C=CCN2C1c1ccc(Cl)cc1. The second kappa shape index (κ2) is 4.59. The van der Waals surface area contributed by atoms with Crippen molar-refractivity contribution in [3.05, 3.63) is 47.1 Å². The number of halogens is 1. The van der Waals surface area contributed by atoms with E-state index in [1.54, 1.807) is 0 Å². The molecule has 0 saturated carbocycles. The first-order chi connectivity index (χ1) is 9.26. The van der Waals surface area contributed by atoms with Gasteiger partial charge in [-0.1, -0.05) is 29.8 Å². The molecule has 0 aromatic heterocycles. The van der Waals surface area contributed by atoms with Crippen LogP contribution in [0.4, 0.5) is 0 Å². The Morgan fingerprint density at radius 1 is 1.16 bits per heavy atom. The molecule has 1 aromatic carbocycles. The second-order valence-electron chi connectivity index (χ2n) is 4.61. The van der Waals surface area contributed by atoms with Crippen LogP contribution in [0.5, 0.6) is 0 Å². The maximum Gasteiger partial charge on any atom is 0.149 e. The number of nitriles is 2. The van der Waals surface area contributed by atoms with Crippen LogP contribution in [-0.4, -0.2) is 22.6 Å². The molecule has 19 heavy (non-hydrogen) atoms. The van der Waals surface area contributed by atoms with E-state index < -0.39 is 6.04 Å². The molecule has 4 nitrogen and oxygen atoms in total. The maximum atomic E-state index is 9.40. The van der Waals surface area contributed by atoms with Crippen LogP contribution >= 0.6 is 11.6 Å². The molecule has 0 aliphatic carbocycles. The third-order valence-corrected chi connectivity index (χ3v) is 3.88. The molecule has 1 saturated heterocycles. The number of rotatable bonds is 1. The summed E-state index contributed by atoms with van der Waals surface area (Å²) in [5.74, 6) is -0.365. The van der Waals surface area contributed by atoms with Gasteiger partial charge >= 0.3 is 0 Å². The summed E-state index contributed by atoms with van der Waals surface area (Å²) >= 11 is 5.90. The van der Waals surface area contributed by atoms with Crippen LogP contribution in [0.3, 0.4) is 0 Å². The number of hydrogen-bond acceptors (Lipinski definition) is 4. The maximum absolute atomic E-state index is 9.40. The number of hydrazine groups is 1. The molecule has 3 unspecified atom stereocenters. The van der Waals surface area contributed by atoms with Crippen LogP contribution < -0.4 is 0 Å². The fourth-order valence-corrected chi connectivity index (χ4v) is 2.92. The van der Waals surface area contributed by atoms with Gasteiger partial charge in [0.2, 0.25) is 0 Å². The van der Waals surface area contributed by atoms with Crippen molar-refractivity contribution in [2.24, 2.45) is 5.92 Å². The van der Waals surface area contributed by atoms with Gasteiger partial charge in [-0.2, -0.15) is 10.5 Å². The summed E-state index contributed by atoms with van der Waals surface area (Å²) in [4.78, 5) is 0. The molecular formula is C14H11ClN4. The Labute approximate surface area is 116 Å². The van der Waals surface area contributed by atoms with Gasteiger partial charge in [0.1, 0.15) is 12.0 Å². The fourth-order valence-electron chi connectivity index (χ4n) is 2.80. The quantitative estimate of drug-likeness (QED) is 0.787. The van der Waals surface area contributed by atoms with Crippen molar-refractivity contribution in [1.82, 2.24) is 10.0 Å². The summed E-state index contributed by atoms with van der Waals surface area (Å²) in [7, 11) is 0. The molecule has 0 bridgehead atoms. The van der Waals surface area contributed by atoms with Crippen LogP contribution in [0.25, 0.3) is 0 Å². The highest BCUT2D eigenvalue weighted by molar-refractivity contribution is 6.30. The van der Waals surface area contributed by atoms with E-state index in [0.29, 0.717) is 5.02 Å². The molecule has 3 rings (SSSR count). The van der Waals surface area contributed by atoms with Gasteiger partial charge in [-0.15, -0.1) is 0 Å². The third kappa shape index (κ3) is 1.77. The lowest BCUT2D eigenvalue weighted by Crippen LogP contribution is -2.33. The highest BCUT2D eigenvalue weighted by Crippen LogP contribution is 2.42. The van der Waals surface area contributed by atoms with Crippen LogP contribution in [0, 0.1) is 28.6 Å². The minimum Gasteiger partial charge on any atom is -0.294 e. The second-order valence-corrected chi connectivity index (χ2v) is 5.05. The van der Waals surface area contributed by atoms with Gasteiger partial charge in [0.05, 0.1) is 18.2 Å². The average molecular weight is 271 g/mol. The van der Waals surface area contributed by atoms with E-state index in [2.05, 4.69) is 17.1 Å². The minimum atomic E-state index is -0.426. The van der Waals surface area contributed by atoms with E-state index in [9.17, 15) is 10.5 Å². The Balaban J connectivity index is 2.02. The van der Waals surface area contributed by atoms with E-state index in [-0.39, 0.29) is 12.0 Å². The number of nitrogens with zero attached hydrogens (tertiary/aromatic N) is 4. The van der Waals surface area contributed by atoms with Crippen LogP contribution in [0.15, 0.2) is 36.5 Å². The van der Waals surface area contributed by atoms with Gasteiger partial charge in [-0.25, -0.2) is 5.01 Å². The number of hydrogen-bond donors (Lipinski definition) is 0. The monoisotopic (exact) mass is 270 g/mol. The van der Waals surface area contributed by atoms with Gasteiger partial charge in [0.15, 0.2) is 0 Å². The molecule has 5 heteroatoms. The molecule has 94 valence electrons. The Morgan fingerprint density at radius 2 is 1.89 bits per heavy atom. The Bertz CT molecular complexity index is 595. The smallest absolute Gasteiger partial charge is 0.149 e. The Hall–Kier alpha value is -2.01. The largest absolute Gasteiger partial charge is 0.294 e. The van der Waals surface area contributed by atoms with Gasteiger partial charge in [-0.05, 0) is 17.7 Å². The lowest BCUT2D eigenvalue weighted by atomic mass is 9.90. The molecule has 0 spiro atoms. The number of fused-ring (bicyclic) bond motifs is 1. The molecular weight excluding hydrogens is 260 g/mol. The molecule has 3 atom stereocenters. The first-order valence-electron chi connectivity index (χ1n) is 6.02. The summed E-state index contributed by atoms with van der Waals surface area (Å²) in [6.45, 7) is 0.726. The third-order valence-electron chi connectivity index (χ3n) is 3.63. The molecule has 0 radical (unpaired) electrons. The predicted octanol–water partition coefficient (Wildman–Crippen LogP) is 2.47. The molecule has 2 aliphatic heterocycles. The molecule has 0 N–H and O–H groups in total. The molecule has 2 aliphatic rings. The zero-order valence-corrected chi connectivity index (χ0v) is 10.8. The average Bonchev–Trinajstić information content (AvgIpc) is 2.98. The van der Waals surface area contributed by atoms with E-state index >= 15 is 0 Å². The van der Waals surface area contributed by atoms with Crippen molar-refractivity contribution in [2.75, 3.05) is 6.54 Å². The van der Waals surface area contributed by atoms with Gasteiger partial charge in [-0.3, -0.25) is 5.01 Å². The van der Waals surface area contributed by atoms with Crippen molar-refractivity contribution in [3.8, 4) is 12.1 Å². The van der Waals surface area contributed by atoms with E-state index in [4.69, 9.17) is 11.6 Å². The first-order valence-corrected chi connectivity index (χ1v) is 6.40. The van der Waals surface area contributed by atoms with Gasteiger partial charge in [0.25, 0.3) is 0 Å². The van der Waals surface area contributed by atoms with Crippen molar-refractivity contribution >= 4 is 11.6 Å². The summed E-state index contributed by atoms with van der Waals surface area (Å²) in [6, 6.07) is 11.5. The van der Waals surface area contributed by atoms with Crippen LogP contribution in [0.1, 0.15) is 11.6 Å². The summed E-state index contributed by atoms with van der Waals surface area (Å²) in [5.41, 5.74) is 1.02. The van der Waals surface area contributed by atoms with Crippen LogP contribution in [-0.2, 0) is 0 Å². The zero-order chi connectivity index (χ0) is 13.4. The molecule has 1 aromatic rings. The molecule has 2 heterocycles. The lowest BCUT2D eigenvalue weighted by molar-refractivity contribution is 0.0619. The molecule has 1 fully saturated rings. The summed E-state index contributed by atoms with van der Waals surface area (Å²) in [6.07, 6.45) is 3.88. The van der Waals surface area contributed by atoms with E-state index in [0.717, 1.165) is 12.1 Å². The Kier molecular flexibility index (Phi) is 2.91. The topological polar surface area (TPSA) is 54.1 Å². The normalized spacial score (nSPS) is 29.0. The van der Waals surface area contributed by atoms with E-state index in [1.165, 1.54) is 0 Å². The van der Waals surface area contributed by atoms with Crippen molar-refractivity contribution in [3.63, 3.8) is 0 Å². The summed E-state index contributed by atoms with van der Waals surface area (Å²) in [5, 5.41) is 23.3. The highest BCUT2D eigenvalue weighted by Gasteiger charge is 2.48. The van der Waals surface area contributed by atoms with Crippen LogP contribution in [0.2, 0.25) is 5.02 Å².